The van der Waals surface area contributed by atoms with Crippen LogP contribution in [0.25, 0.3) is 0 Å². The molecule has 1 heterocycles. The van der Waals surface area contributed by atoms with Crippen LogP contribution in [0.4, 0.5) is 20.3 Å². The lowest BCUT2D eigenvalue weighted by Crippen LogP contribution is -2.10. The van der Waals surface area contributed by atoms with E-state index in [2.05, 4.69) is 4.98 Å². The van der Waals surface area contributed by atoms with Gasteiger partial charge in [0.1, 0.15) is 5.82 Å². The average Bonchev–Trinajstić information content (AvgIpc) is 2.08. The Morgan fingerprint density at radius 1 is 1.50 bits per heavy atom. The number of aromatic carboxylic acids is 1. The zero-order chi connectivity index (χ0) is 10.9. The zero-order valence-corrected chi connectivity index (χ0v) is 6.87. The Morgan fingerprint density at radius 3 is 2.50 bits per heavy atom. The fourth-order valence-corrected chi connectivity index (χ4v) is 0.897. The predicted octanol–water partition coefficient (Wildman–Crippen LogP) is 0.882. The summed E-state index contributed by atoms with van der Waals surface area (Å²) in [6.07, 6.45) is -2.95. The first-order valence-corrected chi connectivity index (χ1v) is 3.50. The van der Waals surface area contributed by atoms with Crippen LogP contribution in [-0.2, 0) is 0 Å². The third kappa shape index (κ3) is 1.70. The SMILES string of the molecule is Nc1cc(C(F)F)c(C(=O)O)nc1N. The summed E-state index contributed by atoms with van der Waals surface area (Å²) >= 11 is 0. The number of hydrogen-bond donors (Lipinski definition) is 3. The number of nitrogens with two attached hydrogens (primary N) is 2. The smallest absolute Gasteiger partial charge is 0.355 e. The van der Waals surface area contributed by atoms with Gasteiger partial charge in [-0.25, -0.2) is 18.6 Å². The molecule has 0 amide bonds. The summed E-state index contributed by atoms with van der Waals surface area (Å²) < 4.78 is 24.6. The number of carboxylic acids is 1. The van der Waals surface area contributed by atoms with Crippen LogP contribution >= 0.6 is 0 Å². The largest absolute Gasteiger partial charge is 0.476 e. The number of anilines is 2. The van der Waals surface area contributed by atoms with E-state index in [1.807, 2.05) is 0 Å². The lowest BCUT2D eigenvalue weighted by Gasteiger charge is -2.07. The Morgan fingerprint density at radius 2 is 2.07 bits per heavy atom. The number of pyridine rings is 1. The molecule has 5 N–H and O–H groups in total. The van der Waals surface area contributed by atoms with Crippen LogP contribution in [0.3, 0.4) is 0 Å². The molecule has 0 bridgehead atoms. The molecule has 5 nitrogen and oxygen atoms in total. The van der Waals surface area contributed by atoms with E-state index in [4.69, 9.17) is 16.6 Å². The summed E-state index contributed by atoms with van der Waals surface area (Å²) in [6.45, 7) is 0. The number of carboxylic acid groups (broad SMARTS) is 1. The first-order chi connectivity index (χ1) is 6.43. The molecular formula is C7H7F2N3O2. The van der Waals surface area contributed by atoms with Gasteiger partial charge in [-0.15, -0.1) is 0 Å². The van der Waals surface area contributed by atoms with Gasteiger partial charge in [0.15, 0.2) is 5.69 Å². The van der Waals surface area contributed by atoms with E-state index in [1.54, 1.807) is 0 Å². The van der Waals surface area contributed by atoms with Gasteiger partial charge in [-0.3, -0.25) is 0 Å². The van der Waals surface area contributed by atoms with Crippen molar-refractivity contribution in [1.82, 2.24) is 4.98 Å². The van der Waals surface area contributed by atoms with Gasteiger partial charge in [0, 0.05) is 0 Å². The molecule has 0 aliphatic heterocycles. The standard InChI is InChI=1S/C7H7F2N3O2/c8-5(9)2-1-3(10)6(11)12-4(2)7(13)14/h1,5H,10H2,(H2,11,12)(H,13,14). The highest BCUT2D eigenvalue weighted by Crippen LogP contribution is 2.26. The Bertz CT molecular complexity index is 381. The summed E-state index contributed by atoms with van der Waals surface area (Å²) in [7, 11) is 0. The van der Waals surface area contributed by atoms with Crippen molar-refractivity contribution >= 4 is 17.5 Å². The normalized spacial score (nSPS) is 10.5. The minimum Gasteiger partial charge on any atom is -0.476 e. The molecule has 1 rings (SSSR count). The van der Waals surface area contributed by atoms with Crippen molar-refractivity contribution in [2.75, 3.05) is 11.5 Å². The van der Waals surface area contributed by atoms with Gasteiger partial charge in [0.05, 0.1) is 11.3 Å². The highest BCUT2D eigenvalue weighted by molar-refractivity contribution is 5.88. The molecule has 0 aromatic carbocycles. The Balaban J connectivity index is 3.39. The number of rotatable bonds is 2. The summed E-state index contributed by atoms with van der Waals surface area (Å²) in [5.74, 6) is -1.83. The van der Waals surface area contributed by atoms with Crippen LogP contribution < -0.4 is 11.5 Å². The maximum atomic E-state index is 12.3. The van der Waals surface area contributed by atoms with Crippen LogP contribution in [0.15, 0.2) is 6.07 Å². The Labute approximate surface area is 77.3 Å². The minimum atomic E-state index is -2.95. The lowest BCUT2D eigenvalue weighted by atomic mass is 10.2. The monoisotopic (exact) mass is 203 g/mol. The molecule has 0 saturated heterocycles. The molecule has 0 unspecified atom stereocenters. The van der Waals surface area contributed by atoms with Crippen molar-refractivity contribution in [2.24, 2.45) is 0 Å². The molecule has 14 heavy (non-hydrogen) atoms. The summed E-state index contributed by atoms with van der Waals surface area (Å²) in [5.41, 5.74) is 8.73. The molecule has 1 aromatic rings. The van der Waals surface area contributed by atoms with Gasteiger partial charge < -0.3 is 16.6 Å². The first-order valence-electron chi connectivity index (χ1n) is 3.50. The van der Waals surface area contributed by atoms with E-state index in [-0.39, 0.29) is 11.5 Å². The summed E-state index contributed by atoms with van der Waals surface area (Å²) in [4.78, 5) is 13.8. The number of carbonyl (C=O) groups is 1. The molecule has 0 atom stereocenters. The average molecular weight is 203 g/mol. The highest BCUT2D eigenvalue weighted by Gasteiger charge is 2.21. The Hall–Kier alpha value is -1.92. The molecule has 0 spiro atoms. The lowest BCUT2D eigenvalue weighted by molar-refractivity contribution is 0.0677. The Kier molecular flexibility index (Phi) is 2.50. The molecule has 0 saturated carbocycles. The van der Waals surface area contributed by atoms with E-state index in [0.29, 0.717) is 0 Å². The molecule has 0 aliphatic carbocycles. The number of halogens is 2. The predicted molar refractivity (Wildman–Crippen MR) is 45.0 cm³/mol. The van der Waals surface area contributed by atoms with Crippen molar-refractivity contribution in [3.8, 4) is 0 Å². The van der Waals surface area contributed by atoms with E-state index >= 15 is 0 Å². The van der Waals surface area contributed by atoms with Gasteiger partial charge in [0.2, 0.25) is 0 Å². The van der Waals surface area contributed by atoms with Gasteiger partial charge in [-0.1, -0.05) is 0 Å². The van der Waals surface area contributed by atoms with Gasteiger partial charge in [-0.2, -0.15) is 0 Å². The van der Waals surface area contributed by atoms with Crippen molar-refractivity contribution < 1.29 is 18.7 Å². The second-order valence-corrected chi connectivity index (χ2v) is 2.51. The van der Waals surface area contributed by atoms with Crippen molar-refractivity contribution in [2.45, 2.75) is 6.43 Å². The zero-order valence-electron chi connectivity index (χ0n) is 6.87. The second-order valence-electron chi connectivity index (χ2n) is 2.51. The van der Waals surface area contributed by atoms with Gasteiger partial charge in [0.25, 0.3) is 6.43 Å². The molecule has 7 heteroatoms. The molecular weight excluding hydrogens is 196 g/mol. The van der Waals surface area contributed by atoms with Crippen molar-refractivity contribution in [3.05, 3.63) is 17.3 Å². The fourth-order valence-electron chi connectivity index (χ4n) is 0.897. The van der Waals surface area contributed by atoms with Gasteiger partial charge in [-0.05, 0) is 6.07 Å². The van der Waals surface area contributed by atoms with E-state index in [0.717, 1.165) is 6.07 Å². The topological polar surface area (TPSA) is 102 Å². The van der Waals surface area contributed by atoms with Crippen LogP contribution in [0.2, 0.25) is 0 Å². The minimum absolute atomic E-state index is 0.162. The molecule has 1 aromatic heterocycles. The number of hydrogen-bond acceptors (Lipinski definition) is 4. The summed E-state index contributed by atoms with van der Waals surface area (Å²) in [5, 5.41) is 8.54. The number of nitrogen functional groups attached to an aromatic ring is 2. The maximum absolute atomic E-state index is 12.3. The quantitative estimate of drug-likeness (QED) is 0.662. The third-order valence-electron chi connectivity index (χ3n) is 1.55. The molecule has 76 valence electrons. The highest BCUT2D eigenvalue weighted by atomic mass is 19.3. The molecule has 0 aliphatic rings. The van der Waals surface area contributed by atoms with Crippen molar-refractivity contribution in [1.29, 1.82) is 0 Å². The molecule has 0 radical (unpaired) electrons. The van der Waals surface area contributed by atoms with Crippen LogP contribution in [-0.4, -0.2) is 16.1 Å². The van der Waals surface area contributed by atoms with E-state index in [1.165, 1.54) is 0 Å². The van der Waals surface area contributed by atoms with E-state index in [9.17, 15) is 13.6 Å². The van der Waals surface area contributed by atoms with Crippen LogP contribution in [0.5, 0.6) is 0 Å². The van der Waals surface area contributed by atoms with Crippen LogP contribution in [0, 0.1) is 0 Å². The second kappa shape index (κ2) is 3.44. The number of alkyl halides is 2. The fraction of sp³-hybridized carbons (Fsp3) is 0.143. The van der Waals surface area contributed by atoms with E-state index < -0.39 is 23.7 Å². The van der Waals surface area contributed by atoms with Crippen LogP contribution in [0.1, 0.15) is 22.5 Å². The van der Waals surface area contributed by atoms with Crippen molar-refractivity contribution in [3.63, 3.8) is 0 Å². The third-order valence-corrected chi connectivity index (χ3v) is 1.55. The number of aromatic nitrogens is 1. The van der Waals surface area contributed by atoms with Gasteiger partial charge >= 0.3 is 5.97 Å². The number of nitrogens with zero attached hydrogens (tertiary/aromatic N) is 1. The maximum Gasteiger partial charge on any atom is 0.355 e. The summed E-state index contributed by atoms with van der Waals surface area (Å²) in [6, 6.07) is 0.816. The first kappa shape index (κ1) is 10.2. The molecule has 0 fully saturated rings.